The Morgan fingerprint density at radius 1 is 1.42 bits per heavy atom. The van der Waals surface area contributed by atoms with Crippen LogP contribution in [0.5, 0.6) is 0 Å². The van der Waals surface area contributed by atoms with E-state index in [1.54, 1.807) is 7.11 Å². The number of benzene rings is 1. The minimum Gasteiger partial charge on any atom is -0.380 e. The molecule has 2 aliphatic rings. The summed E-state index contributed by atoms with van der Waals surface area (Å²) in [4.78, 5) is 16.6. The van der Waals surface area contributed by atoms with Gasteiger partial charge in [-0.3, -0.25) is 0 Å². The Hall–Kier alpha value is -1.72. The number of carbonyl (C=O) groups excluding carboxylic acids is 1. The van der Waals surface area contributed by atoms with E-state index in [1.807, 2.05) is 23.1 Å². The summed E-state index contributed by atoms with van der Waals surface area (Å²) in [6.45, 7) is 3.83. The van der Waals surface area contributed by atoms with Gasteiger partial charge >= 0.3 is 6.03 Å². The molecule has 0 bridgehead atoms. The number of hydrogen-bond donors (Lipinski definition) is 1. The van der Waals surface area contributed by atoms with Crippen LogP contribution in [0.1, 0.15) is 12.8 Å². The molecule has 2 aliphatic heterocycles. The summed E-state index contributed by atoms with van der Waals surface area (Å²) in [5, 5.41) is 3.90. The topological polar surface area (TPSA) is 44.8 Å². The molecule has 0 unspecified atom stereocenters. The number of nitrogens with one attached hydrogen (secondary N) is 1. The zero-order chi connectivity index (χ0) is 16.9. The predicted octanol–water partition coefficient (Wildman–Crippen LogP) is 2.91. The zero-order valence-electron chi connectivity index (χ0n) is 14.0. The molecule has 0 saturated carbocycles. The Kier molecular flexibility index (Phi) is 5.63. The van der Waals surface area contributed by atoms with Crippen molar-refractivity contribution in [2.75, 3.05) is 44.8 Å². The van der Waals surface area contributed by atoms with Crippen molar-refractivity contribution in [3.05, 3.63) is 40.9 Å². The van der Waals surface area contributed by atoms with E-state index >= 15 is 0 Å². The molecular formula is C18H24ClN3O2. The molecule has 1 N–H and O–H groups in total. The second-order valence-corrected chi connectivity index (χ2v) is 6.79. The molecule has 1 saturated heterocycles. The third-order valence-corrected chi connectivity index (χ3v) is 4.84. The van der Waals surface area contributed by atoms with Crippen LogP contribution in [-0.4, -0.2) is 56.9 Å². The van der Waals surface area contributed by atoms with Gasteiger partial charge in [-0.1, -0.05) is 23.7 Å². The summed E-state index contributed by atoms with van der Waals surface area (Å²) in [5.74, 6) is 0. The largest absolute Gasteiger partial charge is 0.380 e. The monoisotopic (exact) mass is 349 g/mol. The van der Waals surface area contributed by atoms with Gasteiger partial charge in [0.15, 0.2) is 0 Å². The summed E-state index contributed by atoms with van der Waals surface area (Å²) in [5.41, 5.74) is 2.39. The van der Waals surface area contributed by atoms with Crippen LogP contribution < -0.4 is 10.2 Å². The van der Waals surface area contributed by atoms with E-state index in [1.165, 1.54) is 5.57 Å². The molecule has 1 fully saturated rings. The lowest BCUT2D eigenvalue weighted by Crippen LogP contribution is -2.47. The highest BCUT2D eigenvalue weighted by atomic mass is 35.5. The number of nitrogens with zero attached hydrogens (tertiary/aromatic N) is 2. The first-order valence-electron chi connectivity index (χ1n) is 8.38. The van der Waals surface area contributed by atoms with Gasteiger partial charge in [0, 0.05) is 50.0 Å². The van der Waals surface area contributed by atoms with Gasteiger partial charge in [-0.15, -0.1) is 0 Å². The maximum atomic E-state index is 12.4. The van der Waals surface area contributed by atoms with Crippen LogP contribution in [0.15, 0.2) is 35.9 Å². The number of ether oxygens (including phenoxy) is 1. The summed E-state index contributed by atoms with van der Waals surface area (Å²) in [7, 11) is 1.70. The molecule has 2 heterocycles. The molecule has 6 heteroatoms. The zero-order valence-corrected chi connectivity index (χ0v) is 14.8. The minimum absolute atomic E-state index is 0.0284. The van der Waals surface area contributed by atoms with Gasteiger partial charge < -0.3 is 19.9 Å². The number of rotatable bonds is 4. The number of hydrogen-bond acceptors (Lipinski definition) is 3. The standard InChI is InChI=1S/C18H24ClN3O2/c1-24-13-14-5-8-21(9-6-14)18(23)20-16-7-10-22(12-16)17-4-2-3-15(19)11-17/h2-5,11,16H,6-10,12-13H2,1H3,(H,20,23)/t16-/m1/s1. The van der Waals surface area contributed by atoms with E-state index in [0.717, 1.165) is 43.2 Å². The third kappa shape index (κ3) is 4.22. The van der Waals surface area contributed by atoms with Crippen molar-refractivity contribution < 1.29 is 9.53 Å². The predicted molar refractivity (Wildman–Crippen MR) is 96.8 cm³/mol. The fourth-order valence-electron chi connectivity index (χ4n) is 3.26. The first-order valence-corrected chi connectivity index (χ1v) is 8.76. The van der Waals surface area contributed by atoms with Gasteiger partial charge in [-0.05, 0) is 36.6 Å². The molecule has 0 radical (unpaired) electrons. The van der Waals surface area contributed by atoms with Crippen molar-refractivity contribution in [1.29, 1.82) is 0 Å². The van der Waals surface area contributed by atoms with Crippen LogP contribution in [0.4, 0.5) is 10.5 Å². The van der Waals surface area contributed by atoms with E-state index in [-0.39, 0.29) is 12.1 Å². The normalized spacial score (nSPS) is 20.9. The second-order valence-electron chi connectivity index (χ2n) is 6.35. The van der Waals surface area contributed by atoms with E-state index in [9.17, 15) is 4.79 Å². The van der Waals surface area contributed by atoms with E-state index in [4.69, 9.17) is 16.3 Å². The maximum Gasteiger partial charge on any atom is 0.317 e. The summed E-state index contributed by atoms with van der Waals surface area (Å²) in [6, 6.07) is 8.08. The van der Waals surface area contributed by atoms with E-state index in [2.05, 4.69) is 22.4 Å². The Balaban J connectivity index is 1.50. The minimum atomic E-state index is 0.0284. The van der Waals surface area contributed by atoms with Crippen LogP contribution >= 0.6 is 11.6 Å². The average Bonchev–Trinajstić information content (AvgIpc) is 3.04. The molecule has 24 heavy (non-hydrogen) atoms. The Morgan fingerprint density at radius 2 is 2.29 bits per heavy atom. The highest BCUT2D eigenvalue weighted by Gasteiger charge is 2.26. The molecule has 0 aromatic heterocycles. The highest BCUT2D eigenvalue weighted by molar-refractivity contribution is 6.30. The van der Waals surface area contributed by atoms with E-state index < -0.39 is 0 Å². The van der Waals surface area contributed by atoms with Crippen LogP contribution in [0.25, 0.3) is 0 Å². The van der Waals surface area contributed by atoms with Gasteiger partial charge in [-0.2, -0.15) is 0 Å². The van der Waals surface area contributed by atoms with Crippen molar-refractivity contribution in [3.63, 3.8) is 0 Å². The number of carbonyl (C=O) groups is 1. The number of halogens is 1. The Bertz CT molecular complexity index is 620. The second kappa shape index (κ2) is 7.90. The molecule has 130 valence electrons. The van der Waals surface area contributed by atoms with Crippen molar-refractivity contribution in [1.82, 2.24) is 10.2 Å². The molecule has 3 rings (SSSR count). The quantitative estimate of drug-likeness (QED) is 0.850. The first kappa shape index (κ1) is 17.1. The van der Waals surface area contributed by atoms with Crippen molar-refractivity contribution >= 4 is 23.3 Å². The smallest absolute Gasteiger partial charge is 0.317 e. The lowest BCUT2D eigenvalue weighted by atomic mass is 10.1. The fraction of sp³-hybridized carbons (Fsp3) is 0.500. The van der Waals surface area contributed by atoms with Gasteiger partial charge in [0.05, 0.1) is 6.61 Å². The molecule has 1 aromatic rings. The summed E-state index contributed by atoms with van der Waals surface area (Å²) >= 11 is 6.06. The van der Waals surface area contributed by atoms with Crippen molar-refractivity contribution in [2.45, 2.75) is 18.9 Å². The Morgan fingerprint density at radius 3 is 3.00 bits per heavy atom. The number of urea groups is 1. The van der Waals surface area contributed by atoms with Crippen LogP contribution in [0.3, 0.4) is 0 Å². The van der Waals surface area contributed by atoms with Gasteiger partial charge in [-0.25, -0.2) is 4.79 Å². The SMILES string of the molecule is COCC1=CCN(C(=O)N[C@@H]2CCN(c3cccc(Cl)c3)C2)CC1. The van der Waals surface area contributed by atoms with Crippen LogP contribution in [0.2, 0.25) is 5.02 Å². The summed E-state index contributed by atoms with van der Waals surface area (Å²) in [6.07, 6.45) is 3.94. The van der Waals surface area contributed by atoms with Gasteiger partial charge in [0.2, 0.25) is 0 Å². The molecule has 2 amide bonds. The lowest BCUT2D eigenvalue weighted by molar-refractivity contribution is 0.191. The summed E-state index contributed by atoms with van der Waals surface area (Å²) < 4.78 is 5.14. The van der Waals surface area contributed by atoms with E-state index in [0.29, 0.717) is 13.2 Å². The van der Waals surface area contributed by atoms with Crippen LogP contribution in [-0.2, 0) is 4.74 Å². The van der Waals surface area contributed by atoms with Gasteiger partial charge in [0.25, 0.3) is 0 Å². The lowest BCUT2D eigenvalue weighted by Gasteiger charge is -2.28. The molecule has 0 spiro atoms. The third-order valence-electron chi connectivity index (χ3n) is 4.61. The number of anilines is 1. The van der Waals surface area contributed by atoms with Crippen molar-refractivity contribution in [2.24, 2.45) is 0 Å². The van der Waals surface area contributed by atoms with Gasteiger partial charge in [0.1, 0.15) is 0 Å². The molecular weight excluding hydrogens is 326 g/mol. The Labute approximate surface area is 148 Å². The number of amides is 2. The maximum absolute atomic E-state index is 12.4. The first-order chi connectivity index (χ1) is 11.7. The average molecular weight is 350 g/mol. The fourth-order valence-corrected chi connectivity index (χ4v) is 3.45. The number of methoxy groups -OCH3 is 1. The molecule has 0 aliphatic carbocycles. The van der Waals surface area contributed by atoms with Crippen molar-refractivity contribution in [3.8, 4) is 0 Å². The molecule has 1 atom stereocenters. The molecule has 5 nitrogen and oxygen atoms in total. The molecule has 1 aromatic carbocycles. The highest BCUT2D eigenvalue weighted by Crippen LogP contribution is 2.23. The van der Waals surface area contributed by atoms with Crippen LogP contribution in [0, 0.1) is 0 Å².